The lowest BCUT2D eigenvalue weighted by molar-refractivity contribution is -0.141. The first kappa shape index (κ1) is 25.2. The van der Waals surface area contributed by atoms with Gasteiger partial charge in [0, 0.05) is 55.9 Å². The highest BCUT2D eigenvalue weighted by molar-refractivity contribution is 5.81. The molecule has 36 heavy (non-hydrogen) atoms. The van der Waals surface area contributed by atoms with E-state index in [2.05, 4.69) is 72.1 Å². The van der Waals surface area contributed by atoms with Gasteiger partial charge in [0.2, 0.25) is 11.9 Å². The van der Waals surface area contributed by atoms with Crippen molar-refractivity contribution in [2.75, 3.05) is 31.6 Å². The van der Waals surface area contributed by atoms with Gasteiger partial charge in [-0.3, -0.25) is 4.79 Å². The Morgan fingerprint density at radius 1 is 1.19 bits per heavy atom. The Morgan fingerprint density at radius 3 is 2.75 bits per heavy atom. The third-order valence-corrected chi connectivity index (χ3v) is 8.32. The molecule has 2 saturated heterocycles. The van der Waals surface area contributed by atoms with E-state index in [4.69, 9.17) is 9.72 Å². The third-order valence-electron chi connectivity index (χ3n) is 8.32. The number of hydrogen-bond acceptors (Lipinski definition) is 6. The fraction of sp³-hybridized carbons (Fsp3) is 0.621. The summed E-state index contributed by atoms with van der Waals surface area (Å²) in [4.78, 5) is 28.2. The van der Waals surface area contributed by atoms with Gasteiger partial charge in [-0.15, -0.1) is 0 Å². The zero-order valence-electron chi connectivity index (χ0n) is 22.2. The maximum Gasteiger partial charge on any atom is 0.227 e. The zero-order chi connectivity index (χ0) is 25.2. The van der Waals surface area contributed by atoms with E-state index in [-0.39, 0.29) is 23.8 Å². The maximum atomic E-state index is 14.2. The van der Waals surface area contributed by atoms with Crippen molar-refractivity contribution in [2.45, 2.75) is 84.0 Å². The van der Waals surface area contributed by atoms with Crippen molar-refractivity contribution in [1.82, 2.24) is 19.8 Å². The van der Waals surface area contributed by atoms with Crippen molar-refractivity contribution in [2.24, 2.45) is 5.92 Å². The number of ether oxygens (including phenoxy) is 1. The second-order valence-electron chi connectivity index (χ2n) is 11.2. The summed E-state index contributed by atoms with van der Waals surface area (Å²) in [5.74, 6) is 1.15. The first-order valence-corrected chi connectivity index (χ1v) is 13.7. The highest BCUT2D eigenvalue weighted by Gasteiger charge is 2.40. The molecule has 3 aliphatic heterocycles. The molecule has 7 nitrogen and oxygen atoms in total. The summed E-state index contributed by atoms with van der Waals surface area (Å²) in [6, 6.07) is 9.71. The molecule has 1 amide bonds. The maximum absolute atomic E-state index is 14.2. The number of aromatic nitrogens is 2. The van der Waals surface area contributed by atoms with E-state index >= 15 is 0 Å². The van der Waals surface area contributed by atoms with Crippen LogP contribution < -0.4 is 5.32 Å². The van der Waals surface area contributed by atoms with Crippen LogP contribution in [0.3, 0.4) is 0 Å². The number of benzene rings is 1. The molecule has 194 valence electrons. The third kappa shape index (κ3) is 5.42. The Balaban J connectivity index is 1.36. The van der Waals surface area contributed by atoms with Gasteiger partial charge in [-0.2, -0.15) is 0 Å². The molecule has 4 heterocycles. The van der Waals surface area contributed by atoms with Crippen LogP contribution in [0.15, 0.2) is 30.5 Å². The average molecular weight is 492 g/mol. The van der Waals surface area contributed by atoms with E-state index in [0.717, 1.165) is 63.2 Å². The first-order chi connectivity index (χ1) is 17.4. The number of amides is 1. The minimum Gasteiger partial charge on any atom is -0.381 e. The van der Waals surface area contributed by atoms with Gasteiger partial charge in [-0.1, -0.05) is 29.8 Å². The number of rotatable bonds is 5. The van der Waals surface area contributed by atoms with Crippen molar-refractivity contribution in [3.63, 3.8) is 0 Å². The van der Waals surface area contributed by atoms with E-state index in [1.807, 2.05) is 6.20 Å². The highest BCUT2D eigenvalue weighted by atomic mass is 16.5. The monoisotopic (exact) mass is 491 g/mol. The van der Waals surface area contributed by atoms with Gasteiger partial charge in [0.15, 0.2) is 0 Å². The number of carbonyl (C=O) groups is 1. The second kappa shape index (κ2) is 10.9. The van der Waals surface area contributed by atoms with Crippen molar-refractivity contribution >= 4 is 11.9 Å². The summed E-state index contributed by atoms with van der Waals surface area (Å²) in [5, 5.41) is 3.49. The molecule has 0 radical (unpaired) electrons. The van der Waals surface area contributed by atoms with E-state index in [1.165, 1.54) is 11.1 Å². The van der Waals surface area contributed by atoms with Crippen molar-refractivity contribution in [3.05, 3.63) is 52.8 Å². The molecule has 1 aromatic heterocycles. The minimum absolute atomic E-state index is 0.00697. The van der Waals surface area contributed by atoms with E-state index in [0.29, 0.717) is 24.6 Å². The number of fused-ring (bicyclic) bond motifs is 1. The Kier molecular flexibility index (Phi) is 7.58. The first-order valence-electron chi connectivity index (χ1n) is 13.7. The number of carbonyl (C=O) groups excluding carboxylic acids is 1. The normalized spacial score (nSPS) is 25.6. The lowest BCUT2D eigenvalue weighted by Crippen LogP contribution is -2.51. The smallest absolute Gasteiger partial charge is 0.227 e. The number of hydrogen-bond donors (Lipinski definition) is 1. The Labute approximate surface area is 215 Å². The van der Waals surface area contributed by atoms with Gasteiger partial charge < -0.3 is 19.9 Å². The standard InChI is InChI=1S/C29H41N5O2/c1-19(2)33-11-8-25(26(17-33)22-7-5-6-20(3)14-22)28(35)34-18-27-23(15-21(34)4)16-30-29(32-27)31-24-9-12-36-13-10-24/h5-7,14,16,19,21,24-26H,8-13,15,17-18H2,1-4H3,(H,30,31,32)/t21-,25+,26-/m1/s1. The van der Waals surface area contributed by atoms with Crippen LogP contribution in [0, 0.1) is 12.8 Å². The van der Waals surface area contributed by atoms with E-state index in [1.54, 1.807) is 0 Å². The SMILES string of the molecule is Cc1cccc([C@H]2CN(C(C)C)CC[C@@H]2C(=O)N2Cc3nc(NC4CCOCC4)ncc3C[C@H]2C)c1. The zero-order valence-corrected chi connectivity index (χ0v) is 22.2. The average Bonchev–Trinajstić information content (AvgIpc) is 2.88. The van der Waals surface area contributed by atoms with E-state index in [9.17, 15) is 4.79 Å². The minimum atomic E-state index is -0.00697. The molecule has 3 atom stereocenters. The topological polar surface area (TPSA) is 70.6 Å². The molecule has 0 spiro atoms. The van der Waals surface area contributed by atoms with Gasteiger partial charge in [0.05, 0.1) is 12.2 Å². The van der Waals surface area contributed by atoms with Crippen molar-refractivity contribution in [1.29, 1.82) is 0 Å². The largest absolute Gasteiger partial charge is 0.381 e. The summed E-state index contributed by atoms with van der Waals surface area (Å²) < 4.78 is 5.48. The molecule has 2 aromatic rings. The van der Waals surface area contributed by atoms with Crippen LogP contribution in [0.4, 0.5) is 5.95 Å². The summed E-state index contributed by atoms with van der Waals surface area (Å²) >= 11 is 0. The number of likely N-dealkylation sites (tertiary alicyclic amines) is 1. The molecule has 3 aliphatic rings. The summed E-state index contributed by atoms with van der Waals surface area (Å²) in [7, 11) is 0. The number of aryl methyl sites for hydroxylation is 1. The van der Waals surface area contributed by atoms with Gasteiger partial charge >= 0.3 is 0 Å². The molecule has 5 rings (SSSR count). The lowest BCUT2D eigenvalue weighted by atomic mass is 9.78. The molecule has 7 heteroatoms. The highest BCUT2D eigenvalue weighted by Crippen LogP contribution is 2.37. The molecular formula is C29H41N5O2. The predicted octanol–water partition coefficient (Wildman–Crippen LogP) is 4.16. The van der Waals surface area contributed by atoms with Crippen LogP contribution in [0.1, 0.15) is 68.3 Å². The molecular weight excluding hydrogens is 450 g/mol. The molecule has 0 aliphatic carbocycles. The van der Waals surface area contributed by atoms with Crippen LogP contribution in [0.5, 0.6) is 0 Å². The van der Waals surface area contributed by atoms with Crippen LogP contribution >= 0.6 is 0 Å². The van der Waals surface area contributed by atoms with Crippen LogP contribution in [0.2, 0.25) is 0 Å². The molecule has 0 saturated carbocycles. The molecule has 1 aromatic carbocycles. The molecule has 0 unspecified atom stereocenters. The van der Waals surface area contributed by atoms with Gasteiger partial charge in [-0.05, 0) is 71.0 Å². The summed E-state index contributed by atoms with van der Waals surface area (Å²) in [5.41, 5.74) is 4.68. The number of nitrogens with one attached hydrogen (secondary N) is 1. The van der Waals surface area contributed by atoms with Crippen molar-refractivity contribution in [3.8, 4) is 0 Å². The summed E-state index contributed by atoms with van der Waals surface area (Å²) in [6.45, 7) is 12.8. The van der Waals surface area contributed by atoms with Crippen LogP contribution in [-0.4, -0.2) is 70.1 Å². The Morgan fingerprint density at radius 2 is 2.00 bits per heavy atom. The van der Waals surface area contributed by atoms with Gasteiger partial charge in [-0.25, -0.2) is 9.97 Å². The van der Waals surface area contributed by atoms with Gasteiger partial charge in [0.25, 0.3) is 0 Å². The quantitative estimate of drug-likeness (QED) is 0.677. The fourth-order valence-electron chi connectivity index (χ4n) is 6.08. The van der Waals surface area contributed by atoms with Crippen LogP contribution in [-0.2, 0) is 22.5 Å². The number of nitrogens with zero attached hydrogens (tertiary/aromatic N) is 4. The van der Waals surface area contributed by atoms with Crippen LogP contribution in [0.25, 0.3) is 0 Å². The predicted molar refractivity (Wildman–Crippen MR) is 142 cm³/mol. The van der Waals surface area contributed by atoms with E-state index < -0.39 is 0 Å². The fourth-order valence-corrected chi connectivity index (χ4v) is 6.08. The lowest BCUT2D eigenvalue weighted by Gasteiger charge is -2.43. The molecule has 1 N–H and O–H groups in total. The number of piperidine rings is 1. The molecule has 2 fully saturated rings. The van der Waals surface area contributed by atoms with Gasteiger partial charge in [0.1, 0.15) is 0 Å². The Bertz CT molecular complexity index is 1070. The Hall–Kier alpha value is -2.51. The van der Waals surface area contributed by atoms with Crippen molar-refractivity contribution < 1.29 is 9.53 Å². The second-order valence-corrected chi connectivity index (χ2v) is 11.2. The summed E-state index contributed by atoms with van der Waals surface area (Å²) in [6.07, 6.45) is 5.60. The molecule has 0 bridgehead atoms. The number of anilines is 1.